The van der Waals surface area contributed by atoms with Crippen molar-refractivity contribution in [2.45, 2.75) is 11.2 Å². The van der Waals surface area contributed by atoms with Crippen molar-refractivity contribution in [2.24, 2.45) is 0 Å². The topological polar surface area (TPSA) is 53.0 Å². The summed E-state index contributed by atoms with van der Waals surface area (Å²) in [5.74, 6) is 0. The zero-order chi connectivity index (χ0) is 10.1. The van der Waals surface area contributed by atoms with Crippen molar-refractivity contribution < 1.29 is 51.5 Å². The molecular weight excluding hydrogens is 230 g/mol. The molecule has 1 aromatic rings. The summed E-state index contributed by atoms with van der Waals surface area (Å²) in [6.45, 7) is 0. The van der Waals surface area contributed by atoms with Crippen LogP contribution < -0.4 is 29.6 Å². The number of alkyl halides is 3. The average molecular weight is 233 g/mol. The molecule has 0 amide bonds. The number of halogens is 3. The third-order valence-corrected chi connectivity index (χ3v) is 1.82. The Balaban J connectivity index is 0.00000169. The van der Waals surface area contributed by atoms with E-state index < -0.39 is 27.8 Å². The third-order valence-electron chi connectivity index (χ3n) is 1.23. The Morgan fingerprint density at radius 1 is 1.36 bits per heavy atom. The van der Waals surface area contributed by atoms with Gasteiger partial charge in [-0.05, 0) is 23.2 Å². The molecule has 0 radical (unpaired) electrons. The summed E-state index contributed by atoms with van der Waals surface area (Å²) in [5.41, 5.74) is -0.971. The van der Waals surface area contributed by atoms with Crippen LogP contribution in [0.4, 0.5) is 13.2 Å². The Bertz CT molecular complexity index is 327. The number of hydrogen-bond acceptors (Lipinski definition) is 3. The van der Waals surface area contributed by atoms with E-state index >= 15 is 0 Å². The molecule has 1 heterocycles. The molecule has 0 fully saturated rings. The molecule has 0 saturated carbocycles. The molecule has 0 spiro atoms. The van der Waals surface area contributed by atoms with Crippen LogP contribution in [-0.4, -0.2) is 13.7 Å². The SMILES string of the molecule is O=S([O-])c1ccc(C(F)(F)F)cn1.[Na+]. The Hall–Kier alpha value is 0.0500. The number of pyridine rings is 1. The normalized spacial score (nSPS) is 13.1. The van der Waals surface area contributed by atoms with Gasteiger partial charge in [0, 0.05) is 6.20 Å². The first kappa shape index (κ1) is 14.1. The first-order valence-electron chi connectivity index (χ1n) is 3.04. The summed E-state index contributed by atoms with van der Waals surface area (Å²) in [7, 11) is 0. The van der Waals surface area contributed by atoms with Crippen LogP contribution >= 0.6 is 0 Å². The van der Waals surface area contributed by atoms with E-state index in [0.29, 0.717) is 12.3 Å². The Morgan fingerprint density at radius 2 is 1.93 bits per heavy atom. The monoisotopic (exact) mass is 233 g/mol. The molecular formula is C6H3F3NNaO2S. The quantitative estimate of drug-likeness (QED) is 0.431. The summed E-state index contributed by atoms with van der Waals surface area (Å²) in [6, 6.07) is 1.46. The number of aromatic nitrogens is 1. The standard InChI is InChI=1S/C6H4F3NO2S.Na/c7-6(8,9)4-1-2-5(10-3-4)13(11)12;/h1-3H,(H,11,12);/q;+1/p-1. The second-order valence-corrected chi connectivity index (χ2v) is 3.01. The Labute approximate surface area is 102 Å². The molecule has 1 atom stereocenters. The maximum atomic E-state index is 11.9. The fraction of sp³-hybridized carbons (Fsp3) is 0.167. The average Bonchev–Trinajstić information content (AvgIpc) is 2.03. The van der Waals surface area contributed by atoms with Gasteiger partial charge in [0.2, 0.25) is 0 Å². The van der Waals surface area contributed by atoms with Gasteiger partial charge in [0.1, 0.15) is 5.03 Å². The molecule has 0 N–H and O–H groups in total. The first-order valence-corrected chi connectivity index (χ1v) is 4.11. The minimum Gasteiger partial charge on any atom is -0.767 e. The van der Waals surface area contributed by atoms with E-state index in [1.165, 1.54) is 0 Å². The maximum Gasteiger partial charge on any atom is 1.00 e. The van der Waals surface area contributed by atoms with Crippen molar-refractivity contribution in [3.05, 3.63) is 23.9 Å². The van der Waals surface area contributed by atoms with Crippen molar-refractivity contribution in [1.82, 2.24) is 4.98 Å². The minimum atomic E-state index is -4.49. The van der Waals surface area contributed by atoms with Crippen LogP contribution in [0.2, 0.25) is 0 Å². The van der Waals surface area contributed by atoms with E-state index in [1.54, 1.807) is 0 Å². The van der Waals surface area contributed by atoms with E-state index in [4.69, 9.17) is 0 Å². The van der Waals surface area contributed by atoms with Gasteiger partial charge in [0.25, 0.3) is 0 Å². The van der Waals surface area contributed by atoms with Gasteiger partial charge >= 0.3 is 35.7 Å². The molecule has 72 valence electrons. The smallest absolute Gasteiger partial charge is 0.767 e. The van der Waals surface area contributed by atoms with Gasteiger partial charge in [-0.3, -0.25) is 4.21 Å². The Kier molecular flexibility index (Phi) is 5.24. The summed E-state index contributed by atoms with van der Waals surface area (Å²) in [6.07, 6.45) is -4.01. The zero-order valence-electron chi connectivity index (χ0n) is 7.04. The zero-order valence-corrected chi connectivity index (χ0v) is 9.85. The van der Waals surface area contributed by atoms with Crippen LogP contribution in [0.25, 0.3) is 0 Å². The molecule has 8 heteroatoms. The van der Waals surface area contributed by atoms with Crippen molar-refractivity contribution in [1.29, 1.82) is 0 Å². The van der Waals surface area contributed by atoms with Gasteiger partial charge < -0.3 is 4.55 Å². The summed E-state index contributed by atoms with van der Waals surface area (Å²) in [5, 5.41) is -0.409. The fourth-order valence-electron chi connectivity index (χ4n) is 0.647. The van der Waals surface area contributed by atoms with Gasteiger partial charge in [-0.25, -0.2) is 4.98 Å². The molecule has 1 aromatic heterocycles. The van der Waals surface area contributed by atoms with E-state index in [2.05, 4.69) is 4.98 Å². The molecule has 3 nitrogen and oxygen atoms in total. The van der Waals surface area contributed by atoms with Crippen LogP contribution in [0.5, 0.6) is 0 Å². The predicted molar refractivity (Wildman–Crippen MR) is 36.4 cm³/mol. The largest absolute Gasteiger partial charge is 1.00 e. The molecule has 1 unspecified atom stereocenters. The number of hydrogen-bond donors (Lipinski definition) is 0. The van der Waals surface area contributed by atoms with E-state index in [0.717, 1.165) is 6.07 Å². The van der Waals surface area contributed by atoms with Crippen LogP contribution in [0, 0.1) is 0 Å². The summed E-state index contributed by atoms with van der Waals surface area (Å²) in [4.78, 5) is 3.11. The Morgan fingerprint density at radius 3 is 2.21 bits per heavy atom. The molecule has 0 aromatic carbocycles. The van der Waals surface area contributed by atoms with Crippen LogP contribution in [0.3, 0.4) is 0 Å². The van der Waals surface area contributed by atoms with Crippen LogP contribution in [0.1, 0.15) is 5.56 Å². The van der Waals surface area contributed by atoms with Gasteiger partial charge in [-0.2, -0.15) is 13.2 Å². The fourth-order valence-corrected chi connectivity index (χ4v) is 0.964. The van der Waals surface area contributed by atoms with Crippen LogP contribution in [-0.2, 0) is 17.3 Å². The number of nitrogens with zero attached hydrogens (tertiary/aromatic N) is 1. The van der Waals surface area contributed by atoms with Crippen molar-refractivity contribution in [3.8, 4) is 0 Å². The van der Waals surface area contributed by atoms with Gasteiger partial charge in [0.15, 0.2) is 0 Å². The molecule has 0 aliphatic carbocycles. The maximum absolute atomic E-state index is 11.9. The van der Waals surface area contributed by atoms with Crippen molar-refractivity contribution in [3.63, 3.8) is 0 Å². The molecule has 0 aliphatic rings. The van der Waals surface area contributed by atoms with Crippen molar-refractivity contribution in [2.75, 3.05) is 0 Å². The molecule has 1 rings (SSSR count). The van der Waals surface area contributed by atoms with Gasteiger partial charge in [-0.1, -0.05) is 0 Å². The number of rotatable bonds is 1. The van der Waals surface area contributed by atoms with E-state index in [9.17, 15) is 21.9 Å². The third kappa shape index (κ3) is 3.66. The first-order chi connectivity index (χ1) is 5.91. The summed E-state index contributed by atoms with van der Waals surface area (Å²) >= 11 is -2.59. The molecule has 0 bridgehead atoms. The summed E-state index contributed by atoms with van der Waals surface area (Å²) < 4.78 is 56.2. The van der Waals surface area contributed by atoms with E-state index in [-0.39, 0.29) is 29.6 Å². The second kappa shape index (κ2) is 5.22. The second-order valence-electron chi connectivity index (χ2n) is 2.12. The van der Waals surface area contributed by atoms with Gasteiger partial charge in [-0.15, -0.1) is 0 Å². The molecule has 14 heavy (non-hydrogen) atoms. The predicted octanol–water partition coefficient (Wildman–Crippen LogP) is -1.66. The molecule has 0 aliphatic heterocycles. The van der Waals surface area contributed by atoms with Gasteiger partial charge in [0.05, 0.1) is 5.56 Å². The minimum absolute atomic E-state index is 0. The van der Waals surface area contributed by atoms with E-state index in [1.807, 2.05) is 0 Å². The van der Waals surface area contributed by atoms with Crippen LogP contribution in [0.15, 0.2) is 23.4 Å². The molecule has 0 saturated heterocycles. The van der Waals surface area contributed by atoms with Crippen molar-refractivity contribution >= 4 is 11.1 Å².